The third kappa shape index (κ3) is 4.31. The first-order chi connectivity index (χ1) is 14.6. The Morgan fingerprint density at radius 1 is 1.06 bits per heavy atom. The molecule has 166 valence electrons. The fraction of sp³-hybridized carbons (Fsp3) is 0.435. The van der Waals surface area contributed by atoms with Crippen molar-refractivity contribution < 1.29 is 24.1 Å². The number of amides is 1. The second kappa shape index (κ2) is 8.94. The molecule has 3 unspecified atom stereocenters. The van der Waals surface area contributed by atoms with Crippen LogP contribution in [0.1, 0.15) is 24.4 Å². The summed E-state index contributed by atoms with van der Waals surface area (Å²) in [6.07, 6.45) is -0.00432. The lowest BCUT2D eigenvalue weighted by Crippen LogP contribution is -2.52. The Morgan fingerprint density at radius 3 is 2.48 bits per heavy atom. The maximum atomic E-state index is 12.0. The first-order valence-electron chi connectivity index (χ1n) is 10.5. The van der Waals surface area contributed by atoms with Crippen LogP contribution in [-0.4, -0.2) is 60.1 Å². The van der Waals surface area contributed by atoms with Gasteiger partial charge < -0.3 is 29.5 Å². The van der Waals surface area contributed by atoms with Gasteiger partial charge in [-0.05, 0) is 17.7 Å². The number of aliphatic hydroxyl groups is 1. The number of nitrogens with zero attached hydrogens (tertiary/aromatic N) is 1. The number of alkyl carbamates (subject to hydrolysis) is 1. The predicted molar refractivity (Wildman–Crippen MR) is 117 cm³/mol. The number of fused-ring (bicyclic) bond motifs is 1. The highest BCUT2D eigenvalue weighted by Gasteiger charge is 2.51. The van der Waals surface area contributed by atoms with E-state index in [0.717, 1.165) is 18.7 Å². The minimum Gasteiger partial charge on any atom is -0.486 e. The number of ether oxygens (including phenoxy) is 3. The second-order valence-corrected chi connectivity index (χ2v) is 8.22. The van der Waals surface area contributed by atoms with Gasteiger partial charge in [0.2, 0.25) is 0 Å². The van der Waals surface area contributed by atoms with Gasteiger partial charge in [-0.25, -0.2) is 4.79 Å². The van der Waals surface area contributed by atoms with E-state index in [-0.39, 0.29) is 24.5 Å². The van der Waals surface area contributed by atoms with E-state index in [2.05, 4.69) is 10.2 Å². The first-order valence-corrected chi connectivity index (χ1v) is 10.5. The fourth-order valence-electron chi connectivity index (χ4n) is 4.67. The Kier molecular flexibility index (Phi) is 6.27. The molecule has 2 fully saturated rings. The summed E-state index contributed by atoms with van der Waals surface area (Å²) in [6, 6.07) is 17.3. The molecule has 0 radical (unpaired) electrons. The Hall–Kier alpha value is -2.48. The minimum atomic E-state index is -0.665. The van der Waals surface area contributed by atoms with Crippen molar-refractivity contribution in [3.05, 3.63) is 60.2 Å². The van der Waals surface area contributed by atoms with Gasteiger partial charge in [-0.15, -0.1) is 12.4 Å². The monoisotopic (exact) mass is 446 g/mol. The summed E-state index contributed by atoms with van der Waals surface area (Å²) in [4.78, 5) is 14.3. The van der Waals surface area contributed by atoms with Crippen LogP contribution in [0.3, 0.4) is 0 Å². The van der Waals surface area contributed by atoms with Crippen molar-refractivity contribution in [1.82, 2.24) is 10.2 Å². The van der Waals surface area contributed by atoms with E-state index >= 15 is 0 Å². The molecular weight excluding hydrogens is 420 g/mol. The summed E-state index contributed by atoms with van der Waals surface area (Å²) < 4.78 is 17.4. The average Bonchev–Trinajstić information content (AvgIpc) is 3.11. The molecule has 0 aromatic heterocycles. The molecule has 2 saturated heterocycles. The number of nitrogens with one attached hydrogen (secondary N) is 1. The van der Waals surface area contributed by atoms with Crippen molar-refractivity contribution in [1.29, 1.82) is 0 Å². The summed E-state index contributed by atoms with van der Waals surface area (Å²) in [5.74, 6) is 1.38. The van der Waals surface area contributed by atoms with Crippen LogP contribution < -0.4 is 14.8 Å². The van der Waals surface area contributed by atoms with Gasteiger partial charge in [0.1, 0.15) is 18.3 Å². The zero-order valence-corrected chi connectivity index (χ0v) is 17.9. The molecule has 0 aliphatic carbocycles. The van der Waals surface area contributed by atoms with Gasteiger partial charge in [0, 0.05) is 32.5 Å². The van der Waals surface area contributed by atoms with Gasteiger partial charge in [0.15, 0.2) is 17.6 Å². The quantitative estimate of drug-likeness (QED) is 0.751. The molecule has 2 N–H and O–H groups in total. The van der Waals surface area contributed by atoms with Crippen LogP contribution in [0.15, 0.2) is 54.6 Å². The molecule has 3 aliphatic rings. The highest BCUT2D eigenvalue weighted by molar-refractivity contribution is 5.85. The van der Waals surface area contributed by atoms with Crippen molar-refractivity contribution in [2.75, 3.05) is 26.2 Å². The number of carbonyl (C=O) groups is 1. The number of piperidine rings is 1. The van der Waals surface area contributed by atoms with E-state index in [9.17, 15) is 9.90 Å². The zero-order chi connectivity index (χ0) is 20.6. The van der Waals surface area contributed by atoms with Crippen molar-refractivity contribution in [3.63, 3.8) is 0 Å². The molecule has 31 heavy (non-hydrogen) atoms. The topological polar surface area (TPSA) is 80.3 Å². The van der Waals surface area contributed by atoms with Crippen LogP contribution in [0.2, 0.25) is 0 Å². The van der Waals surface area contributed by atoms with Gasteiger partial charge >= 0.3 is 6.09 Å². The lowest BCUT2D eigenvalue weighted by atomic mass is 9.81. The lowest BCUT2D eigenvalue weighted by molar-refractivity contribution is -0.0522. The molecule has 5 rings (SSSR count). The van der Waals surface area contributed by atoms with Crippen LogP contribution >= 0.6 is 12.4 Å². The SMILES string of the molecule is Cl.O=C1NC(c2ccccc2)C2(CCN(CC(O)C3COc4ccccc4O3)CC2)O1. The number of hydrogen-bond donors (Lipinski definition) is 2. The highest BCUT2D eigenvalue weighted by atomic mass is 35.5. The number of hydrogen-bond acceptors (Lipinski definition) is 6. The van der Waals surface area contributed by atoms with Crippen LogP contribution in [0, 0.1) is 0 Å². The number of halogens is 1. The summed E-state index contributed by atoms with van der Waals surface area (Å²) in [5.41, 5.74) is 0.520. The first kappa shape index (κ1) is 21.7. The molecule has 0 saturated carbocycles. The normalized spacial score (nSPS) is 25.3. The Morgan fingerprint density at radius 2 is 1.74 bits per heavy atom. The number of carbonyl (C=O) groups excluding carboxylic acids is 1. The van der Waals surface area contributed by atoms with Gasteiger partial charge in [-0.1, -0.05) is 42.5 Å². The molecule has 0 bridgehead atoms. The molecular formula is C23H27ClN2O5. The summed E-state index contributed by atoms with van der Waals surface area (Å²) >= 11 is 0. The van der Waals surface area contributed by atoms with Crippen LogP contribution in [-0.2, 0) is 4.74 Å². The smallest absolute Gasteiger partial charge is 0.408 e. The van der Waals surface area contributed by atoms with Crippen LogP contribution in [0.5, 0.6) is 11.5 Å². The van der Waals surface area contributed by atoms with E-state index in [1.54, 1.807) is 0 Å². The predicted octanol–water partition coefficient (Wildman–Crippen LogP) is 2.92. The average molecular weight is 447 g/mol. The summed E-state index contributed by atoms with van der Waals surface area (Å²) in [5, 5.41) is 13.7. The lowest BCUT2D eigenvalue weighted by Gasteiger charge is -2.41. The Bertz CT molecular complexity index is 904. The highest BCUT2D eigenvalue weighted by Crippen LogP contribution is 2.42. The standard InChI is InChI=1S/C23H26N2O5.ClH/c26-17(20-15-28-18-8-4-5-9-19(18)29-20)14-25-12-10-23(11-13-25)21(24-22(27)30-23)16-6-2-1-3-7-16;/h1-9,17,20-21,26H,10-15H2,(H,24,27);1H. The van der Waals surface area contributed by atoms with E-state index in [0.29, 0.717) is 37.5 Å². The Balaban J connectivity index is 0.00000231. The number of benzene rings is 2. The van der Waals surface area contributed by atoms with Crippen LogP contribution in [0.4, 0.5) is 4.79 Å². The Labute approximate surface area is 187 Å². The number of β-amino-alcohol motifs (C(OH)–C–C–N with tert-alkyl or cyclic N) is 1. The second-order valence-electron chi connectivity index (χ2n) is 8.22. The van der Waals surface area contributed by atoms with Crippen molar-refractivity contribution in [3.8, 4) is 11.5 Å². The molecule has 7 nitrogen and oxygen atoms in total. The van der Waals surface area contributed by atoms with Crippen molar-refractivity contribution >= 4 is 18.5 Å². The molecule has 1 spiro atoms. The molecule has 2 aromatic carbocycles. The van der Waals surface area contributed by atoms with Crippen molar-refractivity contribution in [2.24, 2.45) is 0 Å². The van der Waals surface area contributed by atoms with Gasteiger partial charge in [0.05, 0.1) is 6.04 Å². The fourth-order valence-corrected chi connectivity index (χ4v) is 4.67. The number of rotatable bonds is 4. The summed E-state index contributed by atoms with van der Waals surface area (Å²) in [6.45, 7) is 2.29. The van der Waals surface area contributed by atoms with E-state index < -0.39 is 17.8 Å². The largest absolute Gasteiger partial charge is 0.486 e. The maximum absolute atomic E-state index is 12.0. The van der Waals surface area contributed by atoms with Crippen molar-refractivity contribution in [2.45, 2.75) is 36.7 Å². The molecule has 3 heterocycles. The molecule has 8 heteroatoms. The van der Waals surface area contributed by atoms with Gasteiger partial charge in [-0.3, -0.25) is 0 Å². The zero-order valence-electron chi connectivity index (χ0n) is 17.1. The van der Waals surface area contributed by atoms with Gasteiger partial charge in [0.25, 0.3) is 0 Å². The van der Waals surface area contributed by atoms with E-state index in [4.69, 9.17) is 14.2 Å². The van der Waals surface area contributed by atoms with E-state index in [1.807, 2.05) is 54.6 Å². The molecule has 1 amide bonds. The third-order valence-corrected chi connectivity index (χ3v) is 6.32. The molecule has 2 aromatic rings. The minimum absolute atomic E-state index is 0. The third-order valence-electron chi connectivity index (χ3n) is 6.32. The molecule has 3 atom stereocenters. The summed E-state index contributed by atoms with van der Waals surface area (Å²) in [7, 11) is 0. The van der Waals surface area contributed by atoms with Crippen LogP contribution in [0.25, 0.3) is 0 Å². The molecule has 3 aliphatic heterocycles. The number of aliphatic hydroxyl groups excluding tert-OH is 1. The maximum Gasteiger partial charge on any atom is 0.408 e. The number of likely N-dealkylation sites (tertiary alicyclic amines) is 1. The van der Waals surface area contributed by atoms with Gasteiger partial charge in [-0.2, -0.15) is 0 Å². The van der Waals surface area contributed by atoms with E-state index in [1.165, 1.54) is 0 Å². The number of para-hydroxylation sites is 2.